The van der Waals surface area contributed by atoms with Gasteiger partial charge in [-0.2, -0.15) is 0 Å². The van der Waals surface area contributed by atoms with Crippen LogP contribution in [-0.4, -0.2) is 0 Å². The summed E-state index contributed by atoms with van der Waals surface area (Å²) in [6, 6.07) is 29.7. The van der Waals surface area contributed by atoms with E-state index in [1.165, 1.54) is 23.1 Å². The van der Waals surface area contributed by atoms with Gasteiger partial charge >= 0.3 is 0 Å². The second-order valence-electron chi connectivity index (χ2n) is 6.55. The van der Waals surface area contributed by atoms with E-state index in [0.29, 0.717) is 12.6 Å². The fourth-order valence-electron chi connectivity index (χ4n) is 3.05. The van der Waals surface area contributed by atoms with Gasteiger partial charge < -0.3 is 10.1 Å². The molecule has 0 aromatic heterocycles. The van der Waals surface area contributed by atoms with Crippen molar-refractivity contribution in [2.24, 2.45) is 0 Å². The minimum Gasteiger partial charge on any atom is -0.489 e. The van der Waals surface area contributed by atoms with Gasteiger partial charge in [-0.05, 0) is 35.2 Å². The highest BCUT2D eigenvalue weighted by atomic mass is 16.5. The molecule has 0 fully saturated rings. The summed E-state index contributed by atoms with van der Waals surface area (Å²) in [6.07, 6.45) is 2.31. The number of hydrogen-bond donors (Lipinski definition) is 1. The standard InChI is InChI=1S/C24H27NO/c1-2-9-24(22-12-7-4-8-13-22)25-18-20-14-16-23(17-15-20)26-19-21-10-5-3-6-11-21/h3-8,10-17,24-25H,2,9,18-19H2,1H3. The van der Waals surface area contributed by atoms with Crippen LogP contribution in [-0.2, 0) is 13.2 Å². The Balaban J connectivity index is 1.53. The molecule has 1 atom stereocenters. The van der Waals surface area contributed by atoms with Crippen molar-refractivity contribution in [3.05, 3.63) is 102 Å². The molecule has 0 saturated heterocycles. The zero-order chi connectivity index (χ0) is 18.0. The van der Waals surface area contributed by atoms with Crippen LogP contribution in [0.15, 0.2) is 84.9 Å². The molecule has 0 radical (unpaired) electrons. The summed E-state index contributed by atoms with van der Waals surface area (Å²) in [6.45, 7) is 3.69. The van der Waals surface area contributed by atoms with Crippen LogP contribution in [0.2, 0.25) is 0 Å². The SMILES string of the molecule is CCCC(NCc1ccc(OCc2ccccc2)cc1)c1ccccc1. The molecule has 2 nitrogen and oxygen atoms in total. The summed E-state index contributed by atoms with van der Waals surface area (Å²) >= 11 is 0. The largest absolute Gasteiger partial charge is 0.489 e. The zero-order valence-corrected chi connectivity index (χ0v) is 15.4. The molecule has 0 amide bonds. The molecule has 0 aliphatic rings. The first kappa shape index (κ1) is 18.2. The predicted molar refractivity (Wildman–Crippen MR) is 108 cm³/mol. The molecule has 3 aromatic rings. The first-order valence-electron chi connectivity index (χ1n) is 9.39. The highest BCUT2D eigenvalue weighted by molar-refractivity contribution is 5.28. The van der Waals surface area contributed by atoms with E-state index in [0.717, 1.165) is 18.7 Å². The lowest BCUT2D eigenvalue weighted by molar-refractivity contribution is 0.306. The van der Waals surface area contributed by atoms with E-state index in [-0.39, 0.29) is 0 Å². The van der Waals surface area contributed by atoms with Crippen LogP contribution in [0, 0.1) is 0 Å². The molecule has 26 heavy (non-hydrogen) atoms. The molecule has 3 aromatic carbocycles. The normalized spacial score (nSPS) is 11.9. The van der Waals surface area contributed by atoms with E-state index in [9.17, 15) is 0 Å². The summed E-state index contributed by atoms with van der Waals surface area (Å²) in [4.78, 5) is 0. The first-order chi connectivity index (χ1) is 12.8. The molecule has 1 N–H and O–H groups in total. The molecule has 3 rings (SSSR count). The molecule has 0 saturated carbocycles. The Morgan fingerprint density at radius 1 is 0.769 bits per heavy atom. The van der Waals surface area contributed by atoms with E-state index in [2.05, 4.69) is 79.0 Å². The second kappa shape index (κ2) is 9.79. The Labute approximate surface area is 156 Å². The van der Waals surface area contributed by atoms with Crippen molar-refractivity contribution in [2.45, 2.75) is 39.0 Å². The molecule has 2 heteroatoms. The quantitative estimate of drug-likeness (QED) is 0.521. The van der Waals surface area contributed by atoms with Crippen LogP contribution in [0.4, 0.5) is 0 Å². The van der Waals surface area contributed by atoms with Gasteiger partial charge in [-0.15, -0.1) is 0 Å². The molecule has 0 spiro atoms. The van der Waals surface area contributed by atoms with Crippen LogP contribution in [0.1, 0.15) is 42.5 Å². The lowest BCUT2D eigenvalue weighted by Crippen LogP contribution is -2.20. The Hall–Kier alpha value is -2.58. The smallest absolute Gasteiger partial charge is 0.119 e. The molecule has 0 bridgehead atoms. The van der Waals surface area contributed by atoms with Crippen molar-refractivity contribution in [2.75, 3.05) is 0 Å². The van der Waals surface area contributed by atoms with Gasteiger partial charge in [-0.3, -0.25) is 0 Å². The molecule has 134 valence electrons. The molecular weight excluding hydrogens is 318 g/mol. The second-order valence-corrected chi connectivity index (χ2v) is 6.55. The van der Waals surface area contributed by atoms with Crippen molar-refractivity contribution in [3.8, 4) is 5.75 Å². The summed E-state index contributed by atoms with van der Waals surface area (Å²) in [5.41, 5.74) is 3.81. The third-order valence-corrected chi connectivity index (χ3v) is 4.50. The number of rotatable bonds is 9. The van der Waals surface area contributed by atoms with Crippen LogP contribution in [0.25, 0.3) is 0 Å². The zero-order valence-electron chi connectivity index (χ0n) is 15.4. The highest BCUT2D eigenvalue weighted by Crippen LogP contribution is 2.20. The average Bonchev–Trinajstić information content (AvgIpc) is 2.72. The van der Waals surface area contributed by atoms with Crippen LogP contribution in [0.5, 0.6) is 5.75 Å². The number of hydrogen-bond acceptors (Lipinski definition) is 2. The van der Waals surface area contributed by atoms with Gasteiger partial charge in [0.2, 0.25) is 0 Å². The monoisotopic (exact) mass is 345 g/mol. The van der Waals surface area contributed by atoms with E-state index in [4.69, 9.17) is 4.74 Å². The van der Waals surface area contributed by atoms with Gasteiger partial charge in [0.25, 0.3) is 0 Å². The lowest BCUT2D eigenvalue weighted by atomic mass is 10.0. The third-order valence-electron chi connectivity index (χ3n) is 4.50. The van der Waals surface area contributed by atoms with Gasteiger partial charge in [-0.1, -0.05) is 86.1 Å². The Bertz CT molecular complexity index is 753. The van der Waals surface area contributed by atoms with Gasteiger partial charge in [0.05, 0.1) is 0 Å². The molecule has 1 unspecified atom stereocenters. The number of ether oxygens (including phenoxy) is 1. The van der Waals surface area contributed by atoms with E-state index in [1.54, 1.807) is 0 Å². The summed E-state index contributed by atoms with van der Waals surface area (Å²) in [5, 5.41) is 3.69. The van der Waals surface area contributed by atoms with Crippen LogP contribution < -0.4 is 10.1 Å². The van der Waals surface area contributed by atoms with Crippen molar-refractivity contribution < 1.29 is 4.74 Å². The van der Waals surface area contributed by atoms with Gasteiger partial charge in [0.1, 0.15) is 12.4 Å². The lowest BCUT2D eigenvalue weighted by Gasteiger charge is -2.19. The van der Waals surface area contributed by atoms with Gasteiger partial charge in [0, 0.05) is 12.6 Å². The fraction of sp³-hybridized carbons (Fsp3) is 0.250. The summed E-state index contributed by atoms with van der Waals surface area (Å²) in [7, 11) is 0. The topological polar surface area (TPSA) is 21.3 Å². The molecular formula is C24H27NO. The Morgan fingerprint density at radius 2 is 1.42 bits per heavy atom. The van der Waals surface area contributed by atoms with Crippen molar-refractivity contribution in [1.29, 1.82) is 0 Å². The minimum absolute atomic E-state index is 0.398. The molecule has 0 aliphatic heterocycles. The van der Waals surface area contributed by atoms with Gasteiger partial charge in [0.15, 0.2) is 0 Å². The van der Waals surface area contributed by atoms with E-state index >= 15 is 0 Å². The van der Waals surface area contributed by atoms with Crippen molar-refractivity contribution in [3.63, 3.8) is 0 Å². The molecule has 0 heterocycles. The van der Waals surface area contributed by atoms with Crippen LogP contribution in [0.3, 0.4) is 0 Å². The maximum absolute atomic E-state index is 5.86. The van der Waals surface area contributed by atoms with E-state index < -0.39 is 0 Å². The summed E-state index contributed by atoms with van der Waals surface area (Å²) in [5.74, 6) is 0.908. The number of nitrogens with one attached hydrogen (secondary N) is 1. The summed E-state index contributed by atoms with van der Waals surface area (Å²) < 4.78 is 5.86. The first-order valence-corrected chi connectivity index (χ1v) is 9.39. The molecule has 0 aliphatic carbocycles. The number of benzene rings is 3. The Kier molecular flexibility index (Phi) is 6.86. The Morgan fingerprint density at radius 3 is 2.08 bits per heavy atom. The van der Waals surface area contributed by atoms with Crippen molar-refractivity contribution in [1.82, 2.24) is 5.32 Å². The van der Waals surface area contributed by atoms with Gasteiger partial charge in [-0.25, -0.2) is 0 Å². The average molecular weight is 345 g/mol. The third kappa shape index (κ3) is 5.47. The minimum atomic E-state index is 0.398. The van der Waals surface area contributed by atoms with E-state index in [1.807, 2.05) is 18.2 Å². The van der Waals surface area contributed by atoms with Crippen molar-refractivity contribution >= 4 is 0 Å². The highest BCUT2D eigenvalue weighted by Gasteiger charge is 2.09. The van der Waals surface area contributed by atoms with Crippen LogP contribution >= 0.6 is 0 Å². The fourth-order valence-corrected chi connectivity index (χ4v) is 3.05. The maximum Gasteiger partial charge on any atom is 0.119 e. The maximum atomic E-state index is 5.86. The predicted octanol–water partition coefficient (Wildman–Crippen LogP) is 5.90.